The molecule has 2 unspecified atom stereocenters. The van der Waals surface area contributed by atoms with E-state index in [0.29, 0.717) is 10.9 Å². The van der Waals surface area contributed by atoms with Crippen molar-refractivity contribution < 1.29 is 4.79 Å². The highest BCUT2D eigenvalue weighted by atomic mass is 35.5. The van der Waals surface area contributed by atoms with Crippen LogP contribution in [0.25, 0.3) is 0 Å². The second kappa shape index (κ2) is 6.15. The van der Waals surface area contributed by atoms with Crippen LogP contribution in [0, 0.1) is 5.92 Å². The predicted octanol–water partition coefficient (Wildman–Crippen LogP) is 3.42. The summed E-state index contributed by atoms with van der Waals surface area (Å²) in [7, 11) is 0. The van der Waals surface area contributed by atoms with Crippen LogP contribution < -0.4 is 11.1 Å². The summed E-state index contributed by atoms with van der Waals surface area (Å²) in [6, 6.07) is 7.47. The molecule has 1 aliphatic rings. The van der Waals surface area contributed by atoms with Gasteiger partial charge in [0.05, 0.1) is 11.6 Å². The second-order valence-electron chi connectivity index (χ2n) is 6.10. The summed E-state index contributed by atoms with van der Waals surface area (Å²) in [5, 5.41) is 3.74. The molecule has 0 heterocycles. The van der Waals surface area contributed by atoms with Crippen molar-refractivity contribution in [2.45, 2.75) is 51.1 Å². The van der Waals surface area contributed by atoms with Gasteiger partial charge in [0.15, 0.2) is 0 Å². The number of carbonyl (C=O) groups excluding carboxylic acids is 1. The Balaban J connectivity index is 2.01. The van der Waals surface area contributed by atoms with Gasteiger partial charge in [-0.1, -0.05) is 43.5 Å². The van der Waals surface area contributed by atoms with Crippen molar-refractivity contribution in [1.82, 2.24) is 5.32 Å². The zero-order chi connectivity index (χ0) is 14.8. The van der Waals surface area contributed by atoms with Crippen molar-refractivity contribution in [2.24, 2.45) is 11.7 Å². The molecule has 1 saturated carbocycles. The van der Waals surface area contributed by atoms with E-state index in [9.17, 15) is 4.79 Å². The largest absolute Gasteiger partial charge is 0.348 e. The highest BCUT2D eigenvalue weighted by Crippen LogP contribution is 2.31. The molecule has 1 aromatic rings. The fraction of sp³-hybridized carbons (Fsp3) is 0.562. The average Bonchev–Trinajstić information content (AvgIpc) is 2.39. The molecule has 1 aromatic carbocycles. The lowest BCUT2D eigenvalue weighted by Crippen LogP contribution is -2.56. The van der Waals surface area contributed by atoms with Gasteiger partial charge >= 0.3 is 0 Å². The molecule has 0 spiro atoms. The van der Waals surface area contributed by atoms with Gasteiger partial charge < -0.3 is 11.1 Å². The molecule has 1 amide bonds. The first-order valence-corrected chi connectivity index (χ1v) is 7.64. The van der Waals surface area contributed by atoms with Gasteiger partial charge in [-0.2, -0.15) is 0 Å². The van der Waals surface area contributed by atoms with Gasteiger partial charge in [-0.15, -0.1) is 0 Å². The SMILES string of the molecule is CC1CCCC(N)(C(=O)N[C@H](C)c2ccc(Cl)cc2)C1. The smallest absolute Gasteiger partial charge is 0.240 e. The zero-order valence-electron chi connectivity index (χ0n) is 12.2. The van der Waals surface area contributed by atoms with Gasteiger partial charge in [0.1, 0.15) is 0 Å². The van der Waals surface area contributed by atoms with E-state index in [1.807, 2.05) is 31.2 Å². The van der Waals surface area contributed by atoms with E-state index in [4.69, 9.17) is 17.3 Å². The van der Waals surface area contributed by atoms with Crippen LogP contribution in [0.5, 0.6) is 0 Å². The average molecular weight is 295 g/mol. The summed E-state index contributed by atoms with van der Waals surface area (Å²) in [5.41, 5.74) is 6.64. The van der Waals surface area contributed by atoms with Crippen LogP contribution in [0.2, 0.25) is 5.02 Å². The highest BCUT2D eigenvalue weighted by Gasteiger charge is 2.38. The molecule has 0 aliphatic heterocycles. The minimum absolute atomic E-state index is 0.0356. The lowest BCUT2D eigenvalue weighted by atomic mass is 9.76. The number of nitrogens with one attached hydrogen (secondary N) is 1. The quantitative estimate of drug-likeness (QED) is 0.897. The molecule has 2 rings (SSSR count). The summed E-state index contributed by atoms with van der Waals surface area (Å²) >= 11 is 5.87. The fourth-order valence-corrected chi connectivity index (χ4v) is 3.10. The number of amides is 1. The minimum Gasteiger partial charge on any atom is -0.348 e. The Hall–Kier alpha value is -1.06. The Morgan fingerprint density at radius 3 is 2.70 bits per heavy atom. The van der Waals surface area contributed by atoms with E-state index < -0.39 is 5.54 Å². The molecule has 20 heavy (non-hydrogen) atoms. The topological polar surface area (TPSA) is 55.1 Å². The molecule has 0 saturated heterocycles. The van der Waals surface area contributed by atoms with Crippen LogP contribution >= 0.6 is 11.6 Å². The summed E-state index contributed by atoms with van der Waals surface area (Å²) < 4.78 is 0. The molecule has 0 bridgehead atoms. The molecule has 0 radical (unpaired) electrons. The van der Waals surface area contributed by atoms with Gasteiger partial charge in [-0.05, 0) is 43.4 Å². The third-order valence-electron chi connectivity index (χ3n) is 4.20. The van der Waals surface area contributed by atoms with Gasteiger partial charge in [-0.25, -0.2) is 0 Å². The molecular formula is C16H23ClN2O. The van der Waals surface area contributed by atoms with Crippen molar-refractivity contribution >= 4 is 17.5 Å². The first-order valence-electron chi connectivity index (χ1n) is 7.26. The van der Waals surface area contributed by atoms with Gasteiger partial charge in [-0.3, -0.25) is 4.79 Å². The van der Waals surface area contributed by atoms with E-state index >= 15 is 0 Å². The van der Waals surface area contributed by atoms with E-state index in [2.05, 4.69) is 12.2 Å². The fourth-order valence-electron chi connectivity index (χ4n) is 2.97. The third-order valence-corrected chi connectivity index (χ3v) is 4.45. The molecule has 4 heteroatoms. The maximum Gasteiger partial charge on any atom is 0.240 e. The predicted molar refractivity (Wildman–Crippen MR) is 82.6 cm³/mol. The van der Waals surface area contributed by atoms with Crippen LogP contribution in [-0.4, -0.2) is 11.4 Å². The maximum atomic E-state index is 12.5. The first kappa shape index (κ1) is 15.3. The van der Waals surface area contributed by atoms with Crippen molar-refractivity contribution in [3.05, 3.63) is 34.9 Å². The number of hydrogen-bond acceptors (Lipinski definition) is 2. The molecule has 3 nitrogen and oxygen atoms in total. The Bertz CT molecular complexity index is 474. The minimum atomic E-state index is -0.710. The van der Waals surface area contributed by atoms with Crippen molar-refractivity contribution in [1.29, 1.82) is 0 Å². The first-order chi connectivity index (χ1) is 9.40. The lowest BCUT2D eigenvalue weighted by Gasteiger charge is -2.36. The number of halogens is 1. The molecular weight excluding hydrogens is 272 g/mol. The lowest BCUT2D eigenvalue weighted by molar-refractivity contribution is -0.128. The van der Waals surface area contributed by atoms with Gasteiger partial charge in [0, 0.05) is 5.02 Å². The Morgan fingerprint density at radius 1 is 1.45 bits per heavy atom. The zero-order valence-corrected chi connectivity index (χ0v) is 12.9. The second-order valence-corrected chi connectivity index (χ2v) is 6.54. The molecule has 0 aromatic heterocycles. The van der Waals surface area contributed by atoms with Crippen molar-refractivity contribution in [3.8, 4) is 0 Å². The number of nitrogens with two attached hydrogens (primary N) is 1. The normalized spacial score (nSPS) is 27.9. The van der Waals surface area contributed by atoms with Crippen LogP contribution in [0.15, 0.2) is 24.3 Å². The van der Waals surface area contributed by atoms with E-state index in [1.165, 1.54) is 6.42 Å². The highest BCUT2D eigenvalue weighted by molar-refractivity contribution is 6.30. The Kier molecular flexibility index (Phi) is 4.71. The Morgan fingerprint density at radius 2 is 2.10 bits per heavy atom. The molecule has 110 valence electrons. The van der Waals surface area contributed by atoms with Gasteiger partial charge in [0.2, 0.25) is 5.91 Å². The van der Waals surface area contributed by atoms with Crippen LogP contribution in [0.4, 0.5) is 0 Å². The van der Waals surface area contributed by atoms with E-state index in [-0.39, 0.29) is 11.9 Å². The number of benzene rings is 1. The van der Waals surface area contributed by atoms with Crippen molar-refractivity contribution in [2.75, 3.05) is 0 Å². The molecule has 3 atom stereocenters. The summed E-state index contributed by atoms with van der Waals surface area (Å²) in [6.45, 7) is 4.13. The van der Waals surface area contributed by atoms with Gasteiger partial charge in [0.25, 0.3) is 0 Å². The van der Waals surface area contributed by atoms with Crippen molar-refractivity contribution in [3.63, 3.8) is 0 Å². The monoisotopic (exact) mass is 294 g/mol. The standard InChI is InChI=1S/C16H23ClN2O/c1-11-4-3-9-16(18,10-11)15(20)19-12(2)13-5-7-14(17)8-6-13/h5-8,11-12H,3-4,9-10,18H2,1-2H3,(H,19,20)/t11?,12-,16?/m1/s1. The van der Waals surface area contributed by atoms with Crippen LogP contribution in [0.3, 0.4) is 0 Å². The summed E-state index contributed by atoms with van der Waals surface area (Å²) in [6.07, 6.45) is 3.74. The van der Waals surface area contributed by atoms with Crippen LogP contribution in [-0.2, 0) is 4.79 Å². The van der Waals surface area contributed by atoms with E-state index in [1.54, 1.807) is 0 Å². The molecule has 3 N–H and O–H groups in total. The molecule has 1 aliphatic carbocycles. The Labute approximate surface area is 125 Å². The number of hydrogen-bond donors (Lipinski definition) is 2. The number of rotatable bonds is 3. The third kappa shape index (κ3) is 3.53. The van der Waals surface area contributed by atoms with E-state index in [0.717, 1.165) is 24.8 Å². The summed E-state index contributed by atoms with van der Waals surface area (Å²) in [4.78, 5) is 12.5. The molecule has 1 fully saturated rings. The van der Waals surface area contributed by atoms with Crippen LogP contribution in [0.1, 0.15) is 51.1 Å². The summed E-state index contributed by atoms with van der Waals surface area (Å²) in [5.74, 6) is 0.483. The number of carbonyl (C=O) groups is 1. The maximum absolute atomic E-state index is 12.5.